The third-order valence-corrected chi connectivity index (χ3v) is 7.60. The zero-order valence-corrected chi connectivity index (χ0v) is 21.7. The van der Waals surface area contributed by atoms with Crippen LogP contribution >= 0.6 is 0 Å². The van der Waals surface area contributed by atoms with Crippen molar-refractivity contribution in [3.63, 3.8) is 0 Å². The summed E-state index contributed by atoms with van der Waals surface area (Å²) in [4.78, 5) is 46.3. The first kappa shape index (κ1) is 26.3. The van der Waals surface area contributed by atoms with Crippen molar-refractivity contribution in [1.82, 2.24) is 15.3 Å². The van der Waals surface area contributed by atoms with Crippen LogP contribution in [0.5, 0.6) is 5.88 Å². The van der Waals surface area contributed by atoms with Gasteiger partial charge in [0, 0.05) is 12.3 Å². The summed E-state index contributed by atoms with van der Waals surface area (Å²) in [6, 6.07) is 3.17. The molecule has 4 aliphatic rings. The Labute approximate surface area is 228 Å². The lowest BCUT2D eigenvalue weighted by Crippen LogP contribution is -2.51. The van der Waals surface area contributed by atoms with E-state index in [-0.39, 0.29) is 60.4 Å². The predicted octanol–water partition coefficient (Wildman–Crippen LogP) is 0.723. The second-order valence-electron chi connectivity index (χ2n) is 10.6. The Morgan fingerprint density at radius 1 is 1.30 bits per heavy atom. The van der Waals surface area contributed by atoms with Gasteiger partial charge in [0.05, 0.1) is 19.3 Å². The van der Waals surface area contributed by atoms with Crippen molar-refractivity contribution < 1.29 is 33.0 Å². The van der Waals surface area contributed by atoms with Gasteiger partial charge in [0.2, 0.25) is 5.91 Å². The molecule has 2 unspecified atom stereocenters. The number of cyclic esters (lactones) is 1. The first-order valence-electron chi connectivity index (χ1n) is 13.3. The van der Waals surface area contributed by atoms with E-state index in [1.165, 1.54) is 17.2 Å². The Morgan fingerprint density at radius 2 is 2.17 bits per heavy atom. The molecular formula is C26H30FN7O6. The Morgan fingerprint density at radius 3 is 3.00 bits per heavy atom. The van der Waals surface area contributed by atoms with Crippen LogP contribution in [0.3, 0.4) is 0 Å². The molecule has 0 spiro atoms. The number of fused-ring (bicyclic) bond motifs is 2. The van der Waals surface area contributed by atoms with Crippen LogP contribution in [0.25, 0.3) is 0 Å². The molecule has 3 amide bonds. The third-order valence-electron chi connectivity index (χ3n) is 7.60. The number of nitrogens with one attached hydrogen (secondary N) is 3. The number of ether oxygens (including phenoxy) is 3. The van der Waals surface area contributed by atoms with Gasteiger partial charge >= 0.3 is 6.09 Å². The highest BCUT2D eigenvalue weighted by molar-refractivity contribution is 5.98. The minimum Gasteiger partial charge on any atom is -0.465 e. The Balaban J connectivity index is 0.970. The van der Waals surface area contributed by atoms with Gasteiger partial charge in [-0.15, -0.1) is 0 Å². The van der Waals surface area contributed by atoms with Gasteiger partial charge < -0.3 is 35.9 Å². The molecule has 5 N–H and O–H groups in total. The van der Waals surface area contributed by atoms with Crippen LogP contribution in [-0.4, -0.2) is 79.0 Å². The summed E-state index contributed by atoms with van der Waals surface area (Å²) in [7, 11) is 0. The maximum Gasteiger partial charge on any atom is 0.415 e. The molecule has 1 aliphatic carbocycles. The van der Waals surface area contributed by atoms with E-state index in [4.69, 9.17) is 19.9 Å². The minimum atomic E-state index is -1.09. The number of hydrogen-bond acceptors (Lipinski definition) is 10. The summed E-state index contributed by atoms with van der Waals surface area (Å²) in [5, 5.41) is 8.71. The molecule has 3 aliphatic heterocycles. The fourth-order valence-corrected chi connectivity index (χ4v) is 5.42. The van der Waals surface area contributed by atoms with Crippen LogP contribution in [0.15, 0.2) is 18.3 Å². The molecule has 0 saturated carbocycles. The maximum absolute atomic E-state index is 14.8. The van der Waals surface area contributed by atoms with Gasteiger partial charge in [-0.2, -0.15) is 0 Å². The number of hydrogen-bond donors (Lipinski definition) is 4. The second kappa shape index (κ2) is 10.6. The summed E-state index contributed by atoms with van der Waals surface area (Å²) in [5.74, 6) is -0.206. The Hall–Kier alpha value is -3.88. The first-order chi connectivity index (χ1) is 19.3. The fourth-order valence-electron chi connectivity index (χ4n) is 5.42. The van der Waals surface area contributed by atoms with Crippen molar-refractivity contribution in [3.8, 4) is 5.88 Å². The molecule has 0 bridgehead atoms. The van der Waals surface area contributed by atoms with Crippen LogP contribution in [0.4, 0.5) is 26.5 Å². The average Bonchev–Trinajstić information content (AvgIpc) is 3.65. The lowest BCUT2D eigenvalue weighted by Gasteiger charge is -2.21. The van der Waals surface area contributed by atoms with Crippen LogP contribution < -0.4 is 31.3 Å². The summed E-state index contributed by atoms with van der Waals surface area (Å²) in [5.41, 5.74) is 6.98. The van der Waals surface area contributed by atoms with Crippen LogP contribution in [-0.2, 0) is 31.9 Å². The minimum absolute atomic E-state index is 0.130. The molecule has 40 heavy (non-hydrogen) atoms. The van der Waals surface area contributed by atoms with E-state index in [9.17, 15) is 18.8 Å². The normalized spacial score (nSPS) is 25.2. The highest BCUT2D eigenvalue weighted by Crippen LogP contribution is 2.32. The molecule has 4 heterocycles. The quantitative estimate of drug-likeness (QED) is 0.341. The van der Waals surface area contributed by atoms with Crippen molar-refractivity contribution >= 4 is 35.2 Å². The van der Waals surface area contributed by atoms with Gasteiger partial charge in [0.25, 0.3) is 11.8 Å². The predicted molar refractivity (Wildman–Crippen MR) is 140 cm³/mol. The largest absolute Gasteiger partial charge is 0.465 e. The van der Waals surface area contributed by atoms with Gasteiger partial charge in [-0.3, -0.25) is 14.5 Å². The zero-order chi connectivity index (χ0) is 27.9. The molecule has 0 radical (unpaired) electrons. The molecule has 212 valence electrons. The number of halogens is 1. The van der Waals surface area contributed by atoms with Crippen LogP contribution in [0.2, 0.25) is 0 Å². The number of carbonyl (C=O) groups is 3. The number of carbonyl (C=O) groups excluding carboxylic acids is 3. The molecular weight excluding hydrogens is 525 g/mol. The Kier molecular flexibility index (Phi) is 6.98. The van der Waals surface area contributed by atoms with Gasteiger partial charge in [-0.05, 0) is 68.0 Å². The maximum atomic E-state index is 14.8. The van der Waals surface area contributed by atoms with Crippen molar-refractivity contribution in [3.05, 3.63) is 35.3 Å². The van der Waals surface area contributed by atoms with Gasteiger partial charge in [-0.1, -0.05) is 0 Å². The van der Waals surface area contributed by atoms with E-state index in [2.05, 4.69) is 25.9 Å². The number of amides is 3. The van der Waals surface area contributed by atoms with Gasteiger partial charge in [-0.25, -0.2) is 19.2 Å². The molecule has 3 atom stereocenters. The second-order valence-corrected chi connectivity index (χ2v) is 10.6. The highest BCUT2D eigenvalue weighted by atomic mass is 19.1. The molecule has 2 saturated heterocycles. The van der Waals surface area contributed by atoms with Gasteiger partial charge in [0.15, 0.2) is 18.2 Å². The van der Waals surface area contributed by atoms with Crippen molar-refractivity contribution in [2.24, 2.45) is 11.7 Å². The van der Waals surface area contributed by atoms with Crippen molar-refractivity contribution in [1.29, 1.82) is 0 Å². The zero-order valence-electron chi connectivity index (χ0n) is 21.7. The smallest absolute Gasteiger partial charge is 0.415 e. The number of anilines is 3. The number of rotatable bonds is 8. The average molecular weight is 556 g/mol. The number of aromatic nitrogens is 2. The number of nitrogens with zero attached hydrogens (tertiary/aromatic N) is 3. The molecule has 14 heteroatoms. The lowest BCUT2D eigenvalue weighted by molar-refractivity contribution is -0.121. The molecule has 1 aromatic heterocycles. The van der Waals surface area contributed by atoms with Crippen molar-refractivity contribution in [2.75, 3.05) is 55.0 Å². The van der Waals surface area contributed by atoms with E-state index >= 15 is 0 Å². The summed E-state index contributed by atoms with van der Waals surface area (Å²) in [6.07, 6.45) is 2.81. The van der Waals surface area contributed by atoms with Gasteiger partial charge in [0.1, 0.15) is 17.5 Å². The highest BCUT2D eigenvalue weighted by Gasteiger charge is 2.39. The number of nitrogens with two attached hydrogens (primary N) is 1. The molecule has 6 rings (SSSR count). The summed E-state index contributed by atoms with van der Waals surface area (Å²) in [6.45, 7) is 2.01. The number of benzene rings is 1. The molecule has 2 aromatic rings. The molecule has 13 nitrogen and oxygen atoms in total. The van der Waals surface area contributed by atoms with E-state index in [1.54, 1.807) is 0 Å². The SMILES string of the molecule is N[C@@]1(C(=O)Nc2cc(F)c3c(c2)CC(CNCCC2CN(c4cnc5c(n4)NC(=O)CO5)C(=O)O2)C3)CCOC1. The van der Waals surface area contributed by atoms with Crippen LogP contribution in [0, 0.1) is 11.7 Å². The molecule has 1 aromatic carbocycles. The van der Waals surface area contributed by atoms with Crippen LogP contribution in [0.1, 0.15) is 24.0 Å². The van der Waals surface area contributed by atoms with E-state index < -0.39 is 11.6 Å². The molecule has 2 fully saturated rings. The van der Waals surface area contributed by atoms with Crippen molar-refractivity contribution in [2.45, 2.75) is 37.3 Å². The first-order valence-corrected chi connectivity index (χ1v) is 13.3. The van der Waals surface area contributed by atoms with E-state index in [0.717, 1.165) is 5.56 Å². The lowest BCUT2D eigenvalue weighted by atomic mass is 9.99. The summed E-state index contributed by atoms with van der Waals surface area (Å²) < 4.78 is 30.8. The summed E-state index contributed by atoms with van der Waals surface area (Å²) >= 11 is 0. The third kappa shape index (κ3) is 5.29. The monoisotopic (exact) mass is 555 g/mol. The standard InChI is InChI=1S/C26H30FN7O6/c27-19-8-16(31-24(36)26(28)2-4-38-13-26)7-15-5-14(6-18(15)19)9-29-3-1-17-11-34(25(37)40-17)20-10-30-23-22(32-20)33-21(35)12-39-23/h7-8,10,14,17,29H,1-6,9,11-13,28H2,(H,31,36)(H,32,33,35)/t14?,17?,26-/m0/s1. The Bertz CT molecular complexity index is 1350. The fraction of sp³-hybridized carbons (Fsp3) is 0.500. The van der Waals surface area contributed by atoms with E-state index in [0.29, 0.717) is 63.2 Å². The van der Waals surface area contributed by atoms with E-state index in [1.807, 2.05) is 6.07 Å². The topological polar surface area (TPSA) is 170 Å².